The first-order chi connectivity index (χ1) is 14.8. The fourth-order valence-electron chi connectivity index (χ4n) is 4.29. The van der Waals surface area contributed by atoms with E-state index < -0.39 is 0 Å². The van der Waals surface area contributed by atoms with Crippen molar-refractivity contribution < 1.29 is 4.74 Å². The highest BCUT2D eigenvalue weighted by atomic mass is 16.5. The van der Waals surface area contributed by atoms with E-state index in [-0.39, 0.29) is 0 Å². The predicted octanol–water partition coefficient (Wildman–Crippen LogP) is 3.50. The number of nitrogens with zero attached hydrogens (tertiary/aromatic N) is 7. The Hall–Kier alpha value is -3.52. The van der Waals surface area contributed by atoms with Crippen LogP contribution in [0.3, 0.4) is 0 Å². The first-order valence-corrected chi connectivity index (χ1v) is 10.2. The Morgan fingerprint density at radius 2 is 1.90 bits per heavy atom. The summed E-state index contributed by atoms with van der Waals surface area (Å²) >= 11 is 0. The van der Waals surface area contributed by atoms with E-state index in [1.54, 1.807) is 0 Å². The molecule has 1 saturated heterocycles. The third kappa shape index (κ3) is 2.64. The summed E-state index contributed by atoms with van der Waals surface area (Å²) in [5.74, 6) is 1.59. The molecule has 0 aromatic carbocycles. The van der Waals surface area contributed by atoms with Gasteiger partial charge in [-0.3, -0.25) is 0 Å². The van der Waals surface area contributed by atoms with Crippen molar-refractivity contribution in [2.45, 2.75) is 18.9 Å². The van der Waals surface area contributed by atoms with Crippen LogP contribution in [0.5, 0.6) is 0 Å². The highest BCUT2D eigenvalue weighted by molar-refractivity contribution is 5.81. The largest absolute Gasteiger partial charge is 0.381 e. The minimum absolute atomic E-state index is 0.292. The van der Waals surface area contributed by atoms with Gasteiger partial charge in [-0.05, 0) is 37.1 Å². The molecule has 0 N–H and O–H groups in total. The van der Waals surface area contributed by atoms with E-state index in [1.807, 2.05) is 60.6 Å². The van der Waals surface area contributed by atoms with Gasteiger partial charge in [-0.15, -0.1) is 0 Å². The quantitative estimate of drug-likeness (QED) is 0.464. The van der Waals surface area contributed by atoms with Crippen LogP contribution in [0.2, 0.25) is 0 Å². The van der Waals surface area contributed by atoms with Gasteiger partial charge in [-0.2, -0.15) is 5.10 Å². The number of ether oxygens (including phenoxy) is 1. The fourth-order valence-corrected chi connectivity index (χ4v) is 4.29. The number of aryl methyl sites for hydroxylation is 1. The minimum Gasteiger partial charge on any atom is -0.381 e. The van der Waals surface area contributed by atoms with Crippen molar-refractivity contribution in [3.8, 4) is 22.9 Å². The third-order valence-corrected chi connectivity index (χ3v) is 5.83. The number of fused-ring (bicyclic) bond motifs is 2. The van der Waals surface area contributed by atoms with Gasteiger partial charge in [0.2, 0.25) is 0 Å². The maximum absolute atomic E-state index is 5.61. The topological polar surface area (TPSA) is 75.1 Å². The zero-order valence-electron chi connectivity index (χ0n) is 16.6. The maximum atomic E-state index is 5.61. The third-order valence-electron chi connectivity index (χ3n) is 5.83. The number of imidazole rings is 1. The number of hydrogen-bond donors (Lipinski definition) is 0. The minimum atomic E-state index is 0.292. The number of rotatable bonds is 3. The Labute approximate surface area is 172 Å². The Bertz CT molecular complexity index is 1360. The lowest BCUT2D eigenvalue weighted by molar-refractivity contribution is 0.0708. The second-order valence-electron chi connectivity index (χ2n) is 7.64. The van der Waals surface area contributed by atoms with E-state index in [1.165, 1.54) is 0 Å². The molecular formula is C22H21N7O. The van der Waals surface area contributed by atoms with Crippen LogP contribution in [-0.4, -0.2) is 46.9 Å². The number of aromatic nitrogens is 7. The molecule has 1 aliphatic heterocycles. The van der Waals surface area contributed by atoms with Crippen molar-refractivity contribution in [3.05, 3.63) is 55.1 Å². The summed E-state index contributed by atoms with van der Waals surface area (Å²) in [6.07, 6.45) is 9.50. The standard InChI is InChI=1S/C22H21N7O/c1-27-9-4-6-19(27)22-25-17-14-23-20(16-13-24-28-10-3-2-5-18(16)28)26-21(17)29(22)15-7-11-30-12-8-15/h2-6,9-10,13-15H,7-8,11-12H2,1H3. The van der Waals surface area contributed by atoms with Gasteiger partial charge in [0.25, 0.3) is 0 Å². The summed E-state index contributed by atoms with van der Waals surface area (Å²) < 4.78 is 11.8. The Morgan fingerprint density at radius 3 is 2.73 bits per heavy atom. The maximum Gasteiger partial charge on any atom is 0.165 e. The SMILES string of the molecule is Cn1cccc1-c1nc2cnc(-c3cnn4ccccc34)nc2n1C1CCOCC1. The smallest absolute Gasteiger partial charge is 0.165 e. The monoisotopic (exact) mass is 399 g/mol. The molecule has 5 aromatic heterocycles. The van der Waals surface area contributed by atoms with Crippen LogP contribution in [0.4, 0.5) is 0 Å². The average molecular weight is 399 g/mol. The van der Waals surface area contributed by atoms with Crippen molar-refractivity contribution in [1.29, 1.82) is 0 Å². The van der Waals surface area contributed by atoms with Gasteiger partial charge in [0.1, 0.15) is 5.52 Å². The first-order valence-electron chi connectivity index (χ1n) is 10.2. The average Bonchev–Trinajstić information content (AvgIpc) is 3.49. The van der Waals surface area contributed by atoms with Crippen LogP contribution >= 0.6 is 0 Å². The molecule has 8 nitrogen and oxygen atoms in total. The molecule has 0 unspecified atom stereocenters. The summed E-state index contributed by atoms with van der Waals surface area (Å²) in [5, 5.41) is 4.44. The van der Waals surface area contributed by atoms with Gasteiger partial charge in [-0.1, -0.05) is 6.07 Å². The lowest BCUT2D eigenvalue weighted by Gasteiger charge is -2.25. The summed E-state index contributed by atoms with van der Waals surface area (Å²) in [6, 6.07) is 10.4. The number of pyridine rings is 1. The predicted molar refractivity (Wildman–Crippen MR) is 113 cm³/mol. The molecule has 0 bridgehead atoms. The molecule has 1 fully saturated rings. The summed E-state index contributed by atoms with van der Waals surface area (Å²) in [7, 11) is 2.04. The van der Waals surface area contributed by atoms with Crippen LogP contribution in [0.15, 0.2) is 55.1 Å². The van der Waals surface area contributed by atoms with Crippen molar-refractivity contribution in [1.82, 2.24) is 33.7 Å². The zero-order valence-corrected chi connectivity index (χ0v) is 16.6. The second-order valence-corrected chi connectivity index (χ2v) is 7.64. The molecule has 1 aliphatic rings. The molecule has 0 aliphatic carbocycles. The lowest BCUT2D eigenvalue weighted by atomic mass is 10.1. The van der Waals surface area contributed by atoms with E-state index in [4.69, 9.17) is 14.7 Å². The van der Waals surface area contributed by atoms with Crippen molar-refractivity contribution in [2.24, 2.45) is 7.05 Å². The normalized spacial score (nSPS) is 15.4. The van der Waals surface area contributed by atoms with Gasteiger partial charge < -0.3 is 13.9 Å². The summed E-state index contributed by atoms with van der Waals surface area (Å²) in [6.45, 7) is 1.51. The Morgan fingerprint density at radius 1 is 1.00 bits per heavy atom. The van der Waals surface area contributed by atoms with Crippen LogP contribution in [0, 0.1) is 0 Å². The van der Waals surface area contributed by atoms with E-state index in [0.717, 1.165) is 59.8 Å². The zero-order chi connectivity index (χ0) is 20.1. The van der Waals surface area contributed by atoms with Crippen LogP contribution in [0.25, 0.3) is 39.6 Å². The molecule has 0 radical (unpaired) electrons. The van der Waals surface area contributed by atoms with Gasteiger partial charge >= 0.3 is 0 Å². The van der Waals surface area contributed by atoms with Gasteiger partial charge in [-0.25, -0.2) is 19.5 Å². The molecule has 150 valence electrons. The fraction of sp³-hybridized carbons (Fsp3) is 0.273. The van der Waals surface area contributed by atoms with Crippen molar-refractivity contribution in [2.75, 3.05) is 13.2 Å². The highest BCUT2D eigenvalue weighted by Gasteiger charge is 2.25. The molecule has 30 heavy (non-hydrogen) atoms. The highest BCUT2D eigenvalue weighted by Crippen LogP contribution is 2.33. The lowest BCUT2D eigenvalue weighted by Crippen LogP contribution is -2.21. The molecule has 5 aromatic rings. The molecule has 8 heteroatoms. The Balaban J connectivity index is 1.58. The van der Waals surface area contributed by atoms with Crippen LogP contribution < -0.4 is 0 Å². The van der Waals surface area contributed by atoms with Crippen LogP contribution in [0.1, 0.15) is 18.9 Å². The van der Waals surface area contributed by atoms with Crippen molar-refractivity contribution in [3.63, 3.8) is 0 Å². The molecule has 0 spiro atoms. The molecule has 0 saturated carbocycles. The van der Waals surface area contributed by atoms with E-state index in [2.05, 4.69) is 25.3 Å². The summed E-state index contributed by atoms with van der Waals surface area (Å²) in [5.41, 5.74) is 4.63. The van der Waals surface area contributed by atoms with E-state index in [0.29, 0.717) is 11.9 Å². The van der Waals surface area contributed by atoms with Gasteiger partial charge in [0, 0.05) is 38.7 Å². The van der Waals surface area contributed by atoms with Crippen molar-refractivity contribution >= 4 is 16.7 Å². The van der Waals surface area contributed by atoms with Gasteiger partial charge in [0.05, 0.1) is 29.2 Å². The van der Waals surface area contributed by atoms with E-state index in [9.17, 15) is 0 Å². The first kappa shape index (κ1) is 17.3. The van der Waals surface area contributed by atoms with E-state index >= 15 is 0 Å². The molecule has 6 heterocycles. The summed E-state index contributed by atoms with van der Waals surface area (Å²) in [4.78, 5) is 14.6. The van der Waals surface area contributed by atoms with Crippen LogP contribution in [-0.2, 0) is 11.8 Å². The molecule has 6 rings (SSSR count). The molecule has 0 amide bonds. The second kappa shape index (κ2) is 6.77. The Kier molecular flexibility index (Phi) is 3.92. The molecule has 0 atom stereocenters. The van der Waals surface area contributed by atoms with Gasteiger partial charge in [0.15, 0.2) is 17.3 Å². The molecular weight excluding hydrogens is 378 g/mol. The number of hydrogen-bond acceptors (Lipinski definition) is 5.